The molecule has 1 aromatic carbocycles. The molecule has 114 valence electrons. The quantitative estimate of drug-likeness (QED) is 0.816. The number of rotatable bonds is 3. The summed E-state index contributed by atoms with van der Waals surface area (Å²) < 4.78 is 49.5. The fourth-order valence-corrected chi connectivity index (χ4v) is 2.77. The molecule has 1 saturated heterocycles. The van der Waals surface area contributed by atoms with E-state index in [4.69, 9.17) is 10.2 Å². The van der Waals surface area contributed by atoms with Crippen molar-refractivity contribution in [3.63, 3.8) is 0 Å². The highest BCUT2D eigenvalue weighted by molar-refractivity contribution is 7.89. The van der Waals surface area contributed by atoms with E-state index in [2.05, 4.69) is 0 Å². The largest absolute Gasteiger partial charge is 0.478 e. The number of amides is 1. The van der Waals surface area contributed by atoms with Gasteiger partial charge in [0.1, 0.15) is 16.9 Å². The van der Waals surface area contributed by atoms with Crippen molar-refractivity contribution in [2.75, 3.05) is 11.4 Å². The van der Waals surface area contributed by atoms with Crippen LogP contribution in [0.4, 0.5) is 14.5 Å². The Balaban J connectivity index is 2.45. The molecular weight excluding hydrogens is 310 g/mol. The average molecular weight is 320 g/mol. The number of anilines is 1. The Hall–Kier alpha value is -2.07. The molecule has 7 nitrogen and oxygen atoms in total. The van der Waals surface area contributed by atoms with Gasteiger partial charge in [-0.3, -0.25) is 4.79 Å². The number of aromatic carboxylic acids is 1. The van der Waals surface area contributed by atoms with E-state index < -0.39 is 63.0 Å². The van der Waals surface area contributed by atoms with Gasteiger partial charge < -0.3 is 10.0 Å². The van der Waals surface area contributed by atoms with Gasteiger partial charge >= 0.3 is 5.97 Å². The Labute approximate surface area is 118 Å². The highest BCUT2D eigenvalue weighted by Gasteiger charge is 2.38. The SMILES string of the molecule is NS(=O)(=O)C1CC(=O)N(c2cc(C(=O)O)c(F)cc2F)C1. The van der Waals surface area contributed by atoms with E-state index in [9.17, 15) is 26.8 Å². The van der Waals surface area contributed by atoms with E-state index in [0.29, 0.717) is 12.1 Å². The molecule has 1 amide bonds. The lowest BCUT2D eigenvalue weighted by molar-refractivity contribution is -0.117. The summed E-state index contributed by atoms with van der Waals surface area (Å²) in [5, 5.41) is 12.5. The summed E-state index contributed by atoms with van der Waals surface area (Å²) in [6, 6.07) is 0.979. The van der Waals surface area contributed by atoms with Gasteiger partial charge in [-0.05, 0) is 6.07 Å². The van der Waals surface area contributed by atoms with Crippen LogP contribution in [0.2, 0.25) is 0 Å². The number of sulfonamides is 1. The number of carboxylic acids is 1. The minimum absolute atomic E-state index is 0.330. The van der Waals surface area contributed by atoms with Crippen LogP contribution in [0.5, 0.6) is 0 Å². The normalized spacial score (nSPS) is 19.1. The predicted molar refractivity (Wildman–Crippen MR) is 67.2 cm³/mol. The van der Waals surface area contributed by atoms with Crippen molar-refractivity contribution in [1.29, 1.82) is 0 Å². The third kappa shape index (κ3) is 2.85. The second kappa shape index (κ2) is 5.04. The van der Waals surface area contributed by atoms with E-state index in [-0.39, 0.29) is 0 Å². The molecule has 0 saturated carbocycles. The van der Waals surface area contributed by atoms with Crippen LogP contribution < -0.4 is 10.0 Å². The van der Waals surface area contributed by atoms with Crippen molar-refractivity contribution in [3.05, 3.63) is 29.3 Å². The van der Waals surface area contributed by atoms with Crippen LogP contribution >= 0.6 is 0 Å². The summed E-state index contributed by atoms with van der Waals surface area (Å²) in [5.74, 6) is -4.83. The summed E-state index contributed by atoms with van der Waals surface area (Å²) >= 11 is 0. The number of hydrogen-bond acceptors (Lipinski definition) is 4. The number of carboxylic acid groups (broad SMARTS) is 1. The predicted octanol–water partition coefficient (Wildman–Crippen LogP) is 0.0568. The molecule has 0 aliphatic carbocycles. The van der Waals surface area contributed by atoms with Crippen molar-refractivity contribution in [1.82, 2.24) is 0 Å². The molecule has 1 aliphatic rings. The molecule has 2 rings (SSSR count). The van der Waals surface area contributed by atoms with Crippen LogP contribution in [0.1, 0.15) is 16.8 Å². The van der Waals surface area contributed by atoms with Crippen LogP contribution in [0.3, 0.4) is 0 Å². The first-order valence-electron chi connectivity index (χ1n) is 5.65. The fourth-order valence-electron chi connectivity index (χ4n) is 2.04. The molecule has 0 bridgehead atoms. The number of hydrogen-bond donors (Lipinski definition) is 2. The maximum Gasteiger partial charge on any atom is 0.338 e. The van der Waals surface area contributed by atoms with Crippen LogP contribution in [-0.2, 0) is 14.8 Å². The van der Waals surface area contributed by atoms with Gasteiger partial charge in [-0.2, -0.15) is 0 Å². The molecule has 1 fully saturated rings. The molecule has 1 atom stereocenters. The van der Waals surface area contributed by atoms with E-state index >= 15 is 0 Å². The molecule has 10 heteroatoms. The Kier molecular flexibility index (Phi) is 3.68. The molecule has 0 aromatic heterocycles. The van der Waals surface area contributed by atoms with Gasteiger partial charge in [0, 0.05) is 19.0 Å². The summed E-state index contributed by atoms with van der Waals surface area (Å²) in [6.45, 7) is -0.417. The van der Waals surface area contributed by atoms with Gasteiger partial charge in [-0.25, -0.2) is 27.1 Å². The molecular formula is C11H10F2N2O5S. The summed E-state index contributed by atoms with van der Waals surface area (Å²) in [6.07, 6.45) is -0.446. The van der Waals surface area contributed by atoms with Gasteiger partial charge in [0.2, 0.25) is 15.9 Å². The maximum absolute atomic E-state index is 13.7. The topological polar surface area (TPSA) is 118 Å². The van der Waals surface area contributed by atoms with E-state index in [1.807, 2.05) is 0 Å². The summed E-state index contributed by atoms with van der Waals surface area (Å²) in [5.41, 5.74) is -1.32. The second-order valence-corrected chi connectivity index (χ2v) is 6.35. The van der Waals surface area contributed by atoms with Crippen molar-refractivity contribution in [2.24, 2.45) is 5.14 Å². The molecule has 0 spiro atoms. The number of benzene rings is 1. The van der Waals surface area contributed by atoms with Crippen molar-refractivity contribution >= 4 is 27.6 Å². The lowest BCUT2D eigenvalue weighted by Gasteiger charge is -2.18. The third-order valence-corrected chi connectivity index (χ3v) is 4.36. The highest BCUT2D eigenvalue weighted by Crippen LogP contribution is 2.29. The average Bonchev–Trinajstić information content (AvgIpc) is 2.70. The monoisotopic (exact) mass is 320 g/mol. The zero-order valence-electron chi connectivity index (χ0n) is 10.4. The number of nitrogens with two attached hydrogens (primary N) is 1. The molecule has 0 radical (unpaired) electrons. The molecule has 1 heterocycles. The molecule has 1 aliphatic heterocycles. The van der Waals surface area contributed by atoms with E-state index in [1.165, 1.54) is 0 Å². The minimum atomic E-state index is -4.00. The van der Waals surface area contributed by atoms with E-state index in [1.54, 1.807) is 0 Å². The summed E-state index contributed by atoms with van der Waals surface area (Å²) in [4.78, 5) is 23.3. The Morgan fingerprint density at radius 3 is 2.43 bits per heavy atom. The lowest BCUT2D eigenvalue weighted by atomic mass is 10.1. The van der Waals surface area contributed by atoms with E-state index in [0.717, 1.165) is 4.90 Å². The third-order valence-electron chi connectivity index (χ3n) is 3.11. The van der Waals surface area contributed by atoms with Crippen LogP contribution in [0.15, 0.2) is 12.1 Å². The van der Waals surface area contributed by atoms with Gasteiger partial charge in [0.05, 0.1) is 11.3 Å². The molecule has 21 heavy (non-hydrogen) atoms. The van der Waals surface area contributed by atoms with Crippen LogP contribution in [-0.4, -0.2) is 37.2 Å². The first-order valence-corrected chi connectivity index (χ1v) is 7.26. The maximum atomic E-state index is 13.7. The standard InChI is InChI=1S/C11H10F2N2O5S/c12-7-3-8(13)9(2-6(7)11(17)18)15-4-5(1-10(15)16)21(14,19)20/h2-3,5H,1,4H2,(H,17,18)(H2,14,19,20). The zero-order chi connectivity index (χ0) is 15.9. The van der Waals surface area contributed by atoms with Crippen LogP contribution in [0.25, 0.3) is 0 Å². The fraction of sp³-hybridized carbons (Fsp3) is 0.273. The number of nitrogens with zero attached hydrogens (tertiary/aromatic N) is 1. The van der Waals surface area contributed by atoms with Gasteiger partial charge in [-0.15, -0.1) is 0 Å². The molecule has 1 unspecified atom stereocenters. The highest BCUT2D eigenvalue weighted by atomic mass is 32.2. The van der Waals surface area contributed by atoms with Crippen molar-refractivity contribution < 1.29 is 31.9 Å². The van der Waals surface area contributed by atoms with Gasteiger partial charge in [0.25, 0.3) is 0 Å². The minimum Gasteiger partial charge on any atom is -0.478 e. The zero-order valence-corrected chi connectivity index (χ0v) is 11.2. The Morgan fingerprint density at radius 2 is 1.95 bits per heavy atom. The van der Waals surface area contributed by atoms with Gasteiger partial charge in [-0.1, -0.05) is 0 Å². The number of carbonyl (C=O) groups is 2. The van der Waals surface area contributed by atoms with Crippen molar-refractivity contribution in [3.8, 4) is 0 Å². The number of halogens is 2. The number of primary sulfonamides is 1. The number of carbonyl (C=O) groups excluding carboxylic acids is 1. The van der Waals surface area contributed by atoms with Crippen molar-refractivity contribution in [2.45, 2.75) is 11.7 Å². The van der Waals surface area contributed by atoms with Gasteiger partial charge in [0.15, 0.2) is 0 Å². The molecule has 3 N–H and O–H groups in total. The van der Waals surface area contributed by atoms with Crippen LogP contribution in [0, 0.1) is 11.6 Å². The smallest absolute Gasteiger partial charge is 0.338 e. The first kappa shape index (κ1) is 15.3. The Bertz CT molecular complexity index is 734. The summed E-state index contributed by atoms with van der Waals surface area (Å²) in [7, 11) is -4.00. The lowest BCUT2D eigenvalue weighted by Crippen LogP contribution is -2.32. The molecule has 1 aromatic rings. The Morgan fingerprint density at radius 1 is 1.33 bits per heavy atom. The first-order chi connectivity index (χ1) is 9.61. The second-order valence-electron chi connectivity index (χ2n) is 4.51.